The molecule has 0 radical (unpaired) electrons. The third-order valence-electron chi connectivity index (χ3n) is 6.17. The number of hydrogen-bond acceptors (Lipinski definition) is 6. The fourth-order valence-electron chi connectivity index (χ4n) is 4.52. The SMILES string of the molecule is Cc1ccc(-c2nc(-c3ccc(CC(CS(=O)(=O)c4c(C)cc(C)cc4C)C(=O)O)cc3F)no2)cc1. The van der Waals surface area contributed by atoms with E-state index < -0.39 is 33.3 Å². The molecule has 192 valence electrons. The fraction of sp³-hybridized carbons (Fsp3) is 0.250. The second-order valence-corrected chi connectivity index (χ2v) is 11.3. The van der Waals surface area contributed by atoms with E-state index in [9.17, 15) is 18.3 Å². The van der Waals surface area contributed by atoms with E-state index in [1.807, 2.05) is 38.1 Å². The van der Waals surface area contributed by atoms with Crippen LogP contribution < -0.4 is 0 Å². The predicted octanol–water partition coefficient (Wildman–Crippen LogP) is 5.49. The topological polar surface area (TPSA) is 110 Å². The summed E-state index contributed by atoms with van der Waals surface area (Å²) in [5.41, 5.74) is 4.28. The normalized spacial score (nSPS) is 12.5. The third kappa shape index (κ3) is 5.77. The van der Waals surface area contributed by atoms with Crippen LogP contribution in [0.1, 0.15) is 27.8 Å². The summed E-state index contributed by atoms with van der Waals surface area (Å²) < 4.78 is 46.6. The number of benzene rings is 3. The molecule has 0 saturated carbocycles. The Hall–Kier alpha value is -3.85. The van der Waals surface area contributed by atoms with Gasteiger partial charge < -0.3 is 9.63 Å². The molecule has 3 aromatic carbocycles. The Morgan fingerprint density at radius 3 is 2.22 bits per heavy atom. The van der Waals surface area contributed by atoms with Crippen molar-refractivity contribution in [3.8, 4) is 22.8 Å². The molecule has 0 spiro atoms. The standard InChI is InChI=1S/C28H27FN2O5S/c1-16-5-8-21(9-6-16)27-30-26(31-36-27)23-10-7-20(14-24(23)29)13-22(28(32)33)15-37(34,35)25-18(3)11-17(2)12-19(25)4/h5-12,14,22H,13,15H2,1-4H3,(H,32,33). The lowest BCUT2D eigenvalue weighted by Crippen LogP contribution is -2.26. The van der Waals surface area contributed by atoms with E-state index in [-0.39, 0.29) is 28.6 Å². The van der Waals surface area contributed by atoms with Crippen LogP contribution in [0.2, 0.25) is 0 Å². The Morgan fingerprint density at radius 1 is 0.973 bits per heavy atom. The van der Waals surface area contributed by atoms with Gasteiger partial charge in [-0.25, -0.2) is 12.8 Å². The Kier molecular flexibility index (Phi) is 7.27. The molecule has 0 bridgehead atoms. The molecule has 1 heterocycles. The molecule has 0 amide bonds. The lowest BCUT2D eigenvalue weighted by molar-refractivity contribution is -0.140. The van der Waals surface area contributed by atoms with Gasteiger partial charge in [0, 0.05) is 5.56 Å². The number of halogens is 1. The van der Waals surface area contributed by atoms with Crippen molar-refractivity contribution in [2.24, 2.45) is 5.92 Å². The molecular weight excluding hydrogens is 495 g/mol. The van der Waals surface area contributed by atoms with Gasteiger partial charge in [-0.1, -0.05) is 46.6 Å². The first kappa shape index (κ1) is 26.2. The Labute approximate surface area is 214 Å². The summed E-state index contributed by atoms with van der Waals surface area (Å²) >= 11 is 0. The highest BCUT2D eigenvalue weighted by atomic mass is 32.2. The largest absolute Gasteiger partial charge is 0.481 e. The zero-order valence-electron chi connectivity index (χ0n) is 20.9. The van der Waals surface area contributed by atoms with Gasteiger partial charge >= 0.3 is 5.97 Å². The molecule has 0 aliphatic rings. The van der Waals surface area contributed by atoms with E-state index in [1.54, 1.807) is 32.0 Å². The van der Waals surface area contributed by atoms with Gasteiger partial charge in [0.25, 0.3) is 5.89 Å². The first-order chi connectivity index (χ1) is 17.4. The lowest BCUT2D eigenvalue weighted by Gasteiger charge is -2.16. The van der Waals surface area contributed by atoms with Crippen molar-refractivity contribution in [2.45, 2.75) is 39.0 Å². The molecular formula is C28H27FN2O5S. The van der Waals surface area contributed by atoms with Gasteiger partial charge in [0.2, 0.25) is 5.82 Å². The van der Waals surface area contributed by atoms with Crippen molar-refractivity contribution in [1.82, 2.24) is 10.1 Å². The molecule has 9 heteroatoms. The van der Waals surface area contributed by atoms with E-state index in [0.29, 0.717) is 22.3 Å². The van der Waals surface area contributed by atoms with Crippen molar-refractivity contribution in [1.29, 1.82) is 0 Å². The average Bonchev–Trinajstić information content (AvgIpc) is 3.28. The predicted molar refractivity (Wildman–Crippen MR) is 137 cm³/mol. The van der Waals surface area contributed by atoms with E-state index in [1.165, 1.54) is 12.1 Å². The van der Waals surface area contributed by atoms with Gasteiger partial charge in [-0.2, -0.15) is 4.98 Å². The van der Waals surface area contributed by atoms with Crippen LogP contribution in [0.15, 0.2) is 64.0 Å². The summed E-state index contributed by atoms with van der Waals surface area (Å²) in [7, 11) is -3.90. The number of carboxylic acid groups (broad SMARTS) is 1. The van der Waals surface area contributed by atoms with E-state index in [0.717, 1.165) is 11.1 Å². The molecule has 1 unspecified atom stereocenters. The van der Waals surface area contributed by atoms with Crippen LogP contribution in [0.3, 0.4) is 0 Å². The average molecular weight is 523 g/mol. The highest BCUT2D eigenvalue weighted by Crippen LogP contribution is 2.28. The first-order valence-electron chi connectivity index (χ1n) is 11.7. The van der Waals surface area contributed by atoms with Crippen LogP contribution in [0, 0.1) is 39.4 Å². The minimum absolute atomic E-state index is 0.0577. The van der Waals surface area contributed by atoms with E-state index >= 15 is 4.39 Å². The summed E-state index contributed by atoms with van der Waals surface area (Å²) in [4.78, 5) is 16.4. The summed E-state index contributed by atoms with van der Waals surface area (Å²) in [6.45, 7) is 7.21. The minimum Gasteiger partial charge on any atom is -0.481 e. The number of sulfone groups is 1. The molecule has 0 aliphatic heterocycles. The Balaban J connectivity index is 1.56. The smallest absolute Gasteiger partial charge is 0.307 e. The quantitative estimate of drug-likeness (QED) is 0.326. The van der Waals surface area contributed by atoms with Crippen molar-refractivity contribution in [3.05, 3.63) is 88.2 Å². The second kappa shape index (κ2) is 10.3. The molecule has 7 nitrogen and oxygen atoms in total. The van der Waals surface area contributed by atoms with Crippen LogP contribution in [0.5, 0.6) is 0 Å². The molecule has 4 aromatic rings. The fourth-order valence-corrected chi connectivity index (χ4v) is 6.58. The number of carboxylic acids is 1. The van der Waals surface area contributed by atoms with Crippen molar-refractivity contribution in [3.63, 3.8) is 0 Å². The molecule has 0 saturated heterocycles. The van der Waals surface area contributed by atoms with Gasteiger partial charge in [0.1, 0.15) is 5.82 Å². The molecule has 1 aromatic heterocycles. The number of rotatable bonds is 8. The number of aromatic nitrogens is 2. The highest BCUT2D eigenvalue weighted by Gasteiger charge is 2.29. The highest BCUT2D eigenvalue weighted by molar-refractivity contribution is 7.91. The first-order valence-corrected chi connectivity index (χ1v) is 13.3. The van der Waals surface area contributed by atoms with Gasteiger partial charge in [0.15, 0.2) is 9.84 Å². The van der Waals surface area contributed by atoms with Crippen molar-refractivity contribution >= 4 is 15.8 Å². The van der Waals surface area contributed by atoms with Crippen LogP contribution in [0.4, 0.5) is 4.39 Å². The number of carbonyl (C=O) groups is 1. The number of nitrogens with zero attached hydrogens (tertiary/aromatic N) is 2. The molecule has 0 fully saturated rings. The molecule has 0 aliphatic carbocycles. The summed E-state index contributed by atoms with van der Waals surface area (Å²) in [5, 5.41) is 13.6. The van der Waals surface area contributed by atoms with Crippen molar-refractivity contribution in [2.75, 3.05) is 5.75 Å². The van der Waals surface area contributed by atoms with Gasteiger partial charge in [-0.05, 0) is 75.1 Å². The maximum absolute atomic E-state index is 15.0. The lowest BCUT2D eigenvalue weighted by atomic mass is 9.99. The minimum atomic E-state index is -3.90. The zero-order chi connectivity index (χ0) is 26.9. The summed E-state index contributed by atoms with van der Waals surface area (Å²) in [6, 6.07) is 15.1. The second-order valence-electron chi connectivity index (χ2n) is 9.35. The van der Waals surface area contributed by atoms with E-state index in [4.69, 9.17) is 4.52 Å². The number of aryl methyl sites for hydroxylation is 4. The Morgan fingerprint density at radius 2 is 1.62 bits per heavy atom. The summed E-state index contributed by atoms with van der Waals surface area (Å²) in [6.07, 6.45) is -0.156. The van der Waals surface area contributed by atoms with Gasteiger partial charge in [-0.3, -0.25) is 4.79 Å². The molecule has 1 atom stereocenters. The van der Waals surface area contributed by atoms with Crippen LogP contribution in [0.25, 0.3) is 22.8 Å². The maximum Gasteiger partial charge on any atom is 0.307 e. The molecule has 1 N–H and O–H groups in total. The maximum atomic E-state index is 15.0. The number of hydrogen-bond donors (Lipinski definition) is 1. The Bertz CT molecular complexity index is 1550. The summed E-state index contributed by atoms with van der Waals surface area (Å²) in [5.74, 6) is -3.48. The van der Waals surface area contributed by atoms with E-state index in [2.05, 4.69) is 10.1 Å². The number of aliphatic carboxylic acids is 1. The van der Waals surface area contributed by atoms with Crippen LogP contribution in [-0.4, -0.2) is 35.4 Å². The monoisotopic (exact) mass is 522 g/mol. The van der Waals surface area contributed by atoms with Crippen LogP contribution >= 0.6 is 0 Å². The van der Waals surface area contributed by atoms with Gasteiger partial charge in [0.05, 0.1) is 22.1 Å². The molecule has 4 rings (SSSR count). The van der Waals surface area contributed by atoms with Gasteiger partial charge in [-0.15, -0.1) is 0 Å². The zero-order valence-corrected chi connectivity index (χ0v) is 21.8. The van der Waals surface area contributed by atoms with Crippen LogP contribution in [-0.2, 0) is 21.1 Å². The molecule has 37 heavy (non-hydrogen) atoms. The van der Waals surface area contributed by atoms with Crippen molar-refractivity contribution < 1.29 is 27.2 Å². The third-order valence-corrected chi connectivity index (χ3v) is 8.27.